The van der Waals surface area contributed by atoms with Gasteiger partial charge in [-0.3, -0.25) is 20.4 Å². The molecule has 2 rings (SSSR count). The average Bonchev–Trinajstić information content (AvgIpc) is 2.76. The van der Waals surface area contributed by atoms with E-state index >= 15 is 0 Å². The number of rotatable bonds is 9. The van der Waals surface area contributed by atoms with Gasteiger partial charge in [-0.15, -0.1) is 0 Å². The van der Waals surface area contributed by atoms with E-state index in [0.29, 0.717) is 40.9 Å². The van der Waals surface area contributed by atoms with Crippen LogP contribution in [0.15, 0.2) is 42.5 Å². The molecule has 0 aromatic heterocycles. The van der Waals surface area contributed by atoms with Gasteiger partial charge in [0.1, 0.15) is 5.75 Å². The molecule has 0 radical (unpaired) electrons. The zero-order valence-corrected chi connectivity index (χ0v) is 17.2. The molecule has 0 spiro atoms. The van der Waals surface area contributed by atoms with Gasteiger partial charge in [-0.2, -0.15) is 5.26 Å². The maximum Gasteiger partial charge on any atom is 0.276 e. The molecule has 0 aliphatic rings. The number of nitriles is 1. The van der Waals surface area contributed by atoms with Crippen molar-refractivity contribution in [1.29, 1.82) is 5.26 Å². The Bertz CT molecular complexity index is 904. The van der Waals surface area contributed by atoms with Gasteiger partial charge in [0.15, 0.2) is 18.1 Å². The Morgan fingerprint density at radius 1 is 1.03 bits per heavy atom. The van der Waals surface area contributed by atoms with E-state index < -0.39 is 11.8 Å². The van der Waals surface area contributed by atoms with Gasteiger partial charge in [0, 0.05) is 5.56 Å². The van der Waals surface area contributed by atoms with Crippen molar-refractivity contribution < 1.29 is 23.8 Å². The number of hydrogen-bond donors (Lipinski definition) is 2. The second kappa shape index (κ2) is 11.3. The fourth-order valence-electron chi connectivity index (χ4n) is 2.34. The van der Waals surface area contributed by atoms with Crippen molar-refractivity contribution in [3.63, 3.8) is 0 Å². The Hall–Kier alpha value is -3.73. The number of carbonyl (C=O) groups excluding carboxylic acids is 2. The van der Waals surface area contributed by atoms with Gasteiger partial charge in [0.2, 0.25) is 0 Å². The molecule has 2 N–H and O–H groups in total. The van der Waals surface area contributed by atoms with Gasteiger partial charge in [0.05, 0.1) is 25.3 Å². The molecule has 0 fully saturated rings. The van der Waals surface area contributed by atoms with Gasteiger partial charge in [-0.25, -0.2) is 0 Å². The quantitative estimate of drug-likeness (QED) is 0.614. The summed E-state index contributed by atoms with van der Waals surface area (Å²) in [6.45, 7) is 4.47. The van der Waals surface area contributed by atoms with Crippen LogP contribution in [0.4, 0.5) is 0 Å². The number of carbonyl (C=O) groups is 2. The van der Waals surface area contributed by atoms with Crippen molar-refractivity contribution in [3.8, 4) is 23.3 Å². The van der Waals surface area contributed by atoms with Gasteiger partial charge >= 0.3 is 0 Å². The molecule has 0 heterocycles. The molecule has 0 aliphatic carbocycles. The summed E-state index contributed by atoms with van der Waals surface area (Å²) in [5.74, 6) is 0.900. The summed E-state index contributed by atoms with van der Waals surface area (Å²) in [5.41, 5.74) is 5.40. The summed E-state index contributed by atoms with van der Waals surface area (Å²) in [4.78, 5) is 24.2. The summed E-state index contributed by atoms with van der Waals surface area (Å²) in [5, 5.41) is 8.76. The number of amides is 2. The van der Waals surface area contributed by atoms with Crippen LogP contribution in [0.25, 0.3) is 0 Å². The topological polar surface area (TPSA) is 110 Å². The first kappa shape index (κ1) is 22.6. The lowest BCUT2D eigenvalue weighted by Gasteiger charge is -2.13. The Morgan fingerprint density at radius 2 is 1.77 bits per heavy atom. The van der Waals surface area contributed by atoms with Crippen LogP contribution in [0.3, 0.4) is 0 Å². The molecule has 158 valence electrons. The molecule has 0 atom stereocenters. The molecule has 8 heteroatoms. The van der Waals surface area contributed by atoms with E-state index in [9.17, 15) is 9.59 Å². The lowest BCUT2D eigenvalue weighted by atomic mass is 10.1. The van der Waals surface area contributed by atoms with Crippen LogP contribution in [-0.4, -0.2) is 32.1 Å². The smallest absolute Gasteiger partial charge is 0.276 e. The van der Waals surface area contributed by atoms with Crippen molar-refractivity contribution in [2.24, 2.45) is 5.92 Å². The molecular formula is C22H25N3O5. The highest BCUT2D eigenvalue weighted by molar-refractivity contribution is 5.96. The summed E-state index contributed by atoms with van der Waals surface area (Å²) in [6.07, 6.45) is 0.905. The minimum Gasteiger partial charge on any atom is -0.493 e. The Morgan fingerprint density at radius 3 is 2.40 bits per heavy atom. The lowest BCUT2D eigenvalue weighted by molar-refractivity contribution is -0.123. The molecule has 2 amide bonds. The van der Waals surface area contributed by atoms with Crippen LogP contribution in [0.2, 0.25) is 0 Å². The molecule has 30 heavy (non-hydrogen) atoms. The fraction of sp³-hybridized carbons (Fsp3) is 0.318. The second-order valence-corrected chi connectivity index (χ2v) is 6.82. The van der Waals surface area contributed by atoms with Crippen molar-refractivity contribution >= 4 is 11.8 Å². The standard InChI is InChI=1S/C22H25N3O5/c1-15(2)10-11-29-19-9-6-17(12-20(19)28-3)22(27)25-24-21(26)14-30-18-7-4-16(13-23)5-8-18/h4-9,12,15H,10-11,14H2,1-3H3,(H,24,26)(H,25,27). The molecule has 2 aromatic carbocycles. The number of benzene rings is 2. The Labute approximate surface area is 175 Å². The summed E-state index contributed by atoms with van der Waals surface area (Å²) < 4.78 is 16.3. The predicted molar refractivity (Wildman–Crippen MR) is 110 cm³/mol. The molecule has 0 saturated carbocycles. The van der Waals surface area contributed by atoms with Gasteiger partial charge in [-0.05, 0) is 54.8 Å². The van der Waals surface area contributed by atoms with E-state index in [2.05, 4.69) is 24.7 Å². The zero-order valence-electron chi connectivity index (χ0n) is 17.2. The third-order valence-electron chi connectivity index (χ3n) is 4.05. The maximum atomic E-state index is 12.3. The monoisotopic (exact) mass is 411 g/mol. The number of ether oxygens (including phenoxy) is 3. The highest BCUT2D eigenvalue weighted by atomic mass is 16.5. The Kier molecular flexibility index (Phi) is 8.51. The van der Waals surface area contributed by atoms with E-state index in [4.69, 9.17) is 19.5 Å². The van der Waals surface area contributed by atoms with Crippen molar-refractivity contribution in [1.82, 2.24) is 10.9 Å². The molecule has 0 bridgehead atoms. The molecule has 2 aromatic rings. The summed E-state index contributed by atoms with van der Waals surface area (Å²) >= 11 is 0. The Balaban J connectivity index is 1.84. The lowest BCUT2D eigenvalue weighted by Crippen LogP contribution is -2.43. The first-order chi connectivity index (χ1) is 14.4. The molecule has 8 nitrogen and oxygen atoms in total. The van der Waals surface area contributed by atoms with E-state index in [1.165, 1.54) is 7.11 Å². The van der Waals surface area contributed by atoms with Gasteiger partial charge in [0.25, 0.3) is 11.8 Å². The summed E-state index contributed by atoms with van der Waals surface area (Å²) in [7, 11) is 1.49. The average molecular weight is 411 g/mol. The molecule has 0 aliphatic heterocycles. The molecular weight excluding hydrogens is 386 g/mol. The van der Waals surface area contributed by atoms with Crippen LogP contribution in [-0.2, 0) is 4.79 Å². The van der Waals surface area contributed by atoms with Crippen LogP contribution < -0.4 is 25.1 Å². The van der Waals surface area contributed by atoms with Crippen molar-refractivity contribution in [3.05, 3.63) is 53.6 Å². The largest absolute Gasteiger partial charge is 0.493 e. The van der Waals surface area contributed by atoms with Crippen LogP contribution in [0, 0.1) is 17.2 Å². The maximum absolute atomic E-state index is 12.3. The van der Waals surface area contributed by atoms with Gasteiger partial charge < -0.3 is 14.2 Å². The summed E-state index contributed by atoms with van der Waals surface area (Å²) in [6, 6.07) is 13.1. The first-order valence-corrected chi connectivity index (χ1v) is 9.46. The van der Waals surface area contributed by atoms with Gasteiger partial charge in [-0.1, -0.05) is 13.8 Å². The second-order valence-electron chi connectivity index (χ2n) is 6.82. The molecule has 0 saturated heterocycles. The van der Waals surface area contributed by atoms with Crippen molar-refractivity contribution in [2.75, 3.05) is 20.3 Å². The first-order valence-electron chi connectivity index (χ1n) is 9.46. The van der Waals surface area contributed by atoms with E-state index in [1.807, 2.05) is 6.07 Å². The third-order valence-corrected chi connectivity index (χ3v) is 4.05. The normalized spacial score (nSPS) is 10.1. The van der Waals surface area contributed by atoms with Crippen LogP contribution in [0.5, 0.6) is 17.2 Å². The minimum atomic E-state index is -0.534. The minimum absolute atomic E-state index is 0.294. The SMILES string of the molecule is COc1cc(C(=O)NNC(=O)COc2ccc(C#N)cc2)ccc1OCCC(C)C. The van der Waals surface area contributed by atoms with E-state index in [-0.39, 0.29) is 6.61 Å². The number of hydrazine groups is 1. The number of nitrogens with zero attached hydrogens (tertiary/aromatic N) is 1. The number of hydrogen-bond acceptors (Lipinski definition) is 6. The number of methoxy groups -OCH3 is 1. The van der Waals surface area contributed by atoms with E-state index in [1.54, 1.807) is 42.5 Å². The van der Waals surface area contributed by atoms with Crippen molar-refractivity contribution in [2.45, 2.75) is 20.3 Å². The fourth-order valence-corrected chi connectivity index (χ4v) is 2.34. The van der Waals surface area contributed by atoms with E-state index in [0.717, 1.165) is 6.42 Å². The highest BCUT2D eigenvalue weighted by Crippen LogP contribution is 2.28. The predicted octanol–water partition coefficient (Wildman–Crippen LogP) is 2.83. The van der Waals surface area contributed by atoms with Crippen LogP contribution in [0.1, 0.15) is 36.2 Å². The zero-order chi connectivity index (χ0) is 21.9. The third kappa shape index (κ3) is 7.02. The molecule has 0 unspecified atom stereocenters. The number of nitrogens with one attached hydrogen (secondary N) is 2. The highest BCUT2D eigenvalue weighted by Gasteiger charge is 2.12. The van der Waals surface area contributed by atoms with Crippen LogP contribution >= 0.6 is 0 Å².